The summed E-state index contributed by atoms with van der Waals surface area (Å²) in [7, 11) is 0. The first-order valence-corrected chi connectivity index (χ1v) is 7.53. The van der Waals surface area contributed by atoms with Crippen molar-refractivity contribution in [1.29, 1.82) is 0 Å². The van der Waals surface area contributed by atoms with Gasteiger partial charge in [0.05, 0.1) is 6.61 Å². The molecule has 0 radical (unpaired) electrons. The van der Waals surface area contributed by atoms with Crippen LogP contribution in [-0.4, -0.2) is 37.7 Å². The van der Waals surface area contributed by atoms with Crippen molar-refractivity contribution < 1.29 is 4.74 Å². The maximum Gasteiger partial charge on any atom is 0.124 e. The third-order valence-electron chi connectivity index (χ3n) is 3.73. The summed E-state index contributed by atoms with van der Waals surface area (Å²) in [5.74, 6) is 1.06. The van der Waals surface area contributed by atoms with Crippen LogP contribution in [0.2, 0.25) is 0 Å². The molecule has 0 amide bonds. The molecule has 5 heteroatoms. The van der Waals surface area contributed by atoms with Crippen LogP contribution in [0.25, 0.3) is 0 Å². The zero-order valence-electron chi connectivity index (χ0n) is 13.0. The minimum Gasteiger partial charge on any atom is -0.494 e. The van der Waals surface area contributed by atoms with E-state index >= 15 is 0 Å². The Labute approximate surface area is 141 Å². The van der Waals surface area contributed by atoms with E-state index in [2.05, 4.69) is 48.3 Å². The molecule has 0 aliphatic carbocycles. The molecule has 0 saturated carbocycles. The lowest BCUT2D eigenvalue weighted by Gasteiger charge is -2.35. The number of piperazine rings is 1. The highest BCUT2D eigenvalue weighted by molar-refractivity contribution is 5.85. The largest absolute Gasteiger partial charge is 0.494 e. The van der Waals surface area contributed by atoms with E-state index in [-0.39, 0.29) is 24.8 Å². The number of nitrogens with zero attached hydrogens (tertiary/aromatic N) is 1. The topological polar surface area (TPSA) is 24.5 Å². The van der Waals surface area contributed by atoms with Crippen molar-refractivity contribution in [2.45, 2.75) is 32.7 Å². The van der Waals surface area contributed by atoms with E-state index in [4.69, 9.17) is 4.74 Å². The lowest BCUT2D eigenvalue weighted by atomic mass is 9.99. The Morgan fingerprint density at radius 3 is 2.43 bits per heavy atom. The van der Waals surface area contributed by atoms with Crippen molar-refractivity contribution in [2.75, 3.05) is 32.8 Å². The number of nitrogens with one attached hydrogen (secondary N) is 1. The van der Waals surface area contributed by atoms with Gasteiger partial charge in [0, 0.05) is 37.8 Å². The van der Waals surface area contributed by atoms with Gasteiger partial charge in [0.2, 0.25) is 0 Å². The Kier molecular flexibility index (Phi) is 10.9. The van der Waals surface area contributed by atoms with Crippen LogP contribution in [-0.2, 0) is 0 Å². The van der Waals surface area contributed by atoms with Gasteiger partial charge in [0.25, 0.3) is 0 Å². The Hall–Kier alpha value is -0.480. The molecule has 2 rings (SSSR count). The average molecular weight is 335 g/mol. The number of halogens is 2. The second-order valence-electron chi connectivity index (χ2n) is 5.06. The van der Waals surface area contributed by atoms with Crippen molar-refractivity contribution in [1.82, 2.24) is 10.2 Å². The molecule has 122 valence electrons. The first-order chi connectivity index (χ1) is 9.36. The number of benzene rings is 1. The summed E-state index contributed by atoms with van der Waals surface area (Å²) in [5.41, 5.74) is 1.35. The van der Waals surface area contributed by atoms with Crippen molar-refractivity contribution in [3.05, 3.63) is 29.8 Å². The van der Waals surface area contributed by atoms with Gasteiger partial charge in [-0.05, 0) is 19.4 Å². The number of para-hydroxylation sites is 1. The number of hydrogen-bond donors (Lipinski definition) is 1. The second kappa shape index (κ2) is 11.1. The summed E-state index contributed by atoms with van der Waals surface area (Å²) >= 11 is 0. The zero-order valence-corrected chi connectivity index (χ0v) is 14.6. The van der Waals surface area contributed by atoms with Gasteiger partial charge in [-0.3, -0.25) is 4.90 Å². The molecule has 0 aromatic heterocycles. The molecule has 0 spiro atoms. The average Bonchev–Trinajstić information content (AvgIpc) is 2.47. The van der Waals surface area contributed by atoms with Crippen LogP contribution in [0.15, 0.2) is 24.3 Å². The quantitative estimate of drug-likeness (QED) is 0.858. The molecule has 21 heavy (non-hydrogen) atoms. The van der Waals surface area contributed by atoms with E-state index in [0.717, 1.165) is 38.5 Å². The van der Waals surface area contributed by atoms with Crippen molar-refractivity contribution in [3.63, 3.8) is 0 Å². The summed E-state index contributed by atoms with van der Waals surface area (Å²) in [6.45, 7) is 9.50. The summed E-state index contributed by atoms with van der Waals surface area (Å²) in [6, 6.07) is 9.02. The van der Waals surface area contributed by atoms with Gasteiger partial charge in [-0.2, -0.15) is 0 Å². The van der Waals surface area contributed by atoms with Crippen LogP contribution in [0.3, 0.4) is 0 Å². The zero-order chi connectivity index (χ0) is 13.5. The monoisotopic (exact) mass is 334 g/mol. The fraction of sp³-hybridized carbons (Fsp3) is 0.625. The van der Waals surface area contributed by atoms with E-state index in [9.17, 15) is 0 Å². The fourth-order valence-electron chi connectivity index (χ4n) is 2.84. The van der Waals surface area contributed by atoms with Crippen LogP contribution in [0.4, 0.5) is 0 Å². The third kappa shape index (κ3) is 5.67. The van der Waals surface area contributed by atoms with Gasteiger partial charge in [-0.15, -0.1) is 24.8 Å². The minimum absolute atomic E-state index is 0. The molecule has 1 aromatic carbocycles. The lowest BCUT2D eigenvalue weighted by Crippen LogP contribution is -2.45. The molecular formula is C16H28Cl2N2O. The van der Waals surface area contributed by atoms with E-state index in [0.29, 0.717) is 6.04 Å². The predicted molar refractivity (Wildman–Crippen MR) is 94.2 cm³/mol. The van der Waals surface area contributed by atoms with Crippen molar-refractivity contribution in [2.24, 2.45) is 0 Å². The maximum absolute atomic E-state index is 5.81. The summed E-state index contributed by atoms with van der Waals surface area (Å²) in [6.07, 6.45) is 2.40. The highest BCUT2D eigenvalue weighted by atomic mass is 35.5. The highest BCUT2D eigenvalue weighted by Gasteiger charge is 2.23. The van der Waals surface area contributed by atoms with Gasteiger partial charge in [-0.1, -0.05) is 31.5 Å². The van der Waals surface area contributed by atoms with Crippen LogP contribution in [0, 0.1) is 0 Å². The lowest BCUT2D eigenvalue weighted by molar-refractivity contribution is 0.161. The minimum atomic E-state index is 0. The molecular weight excluding hydrogens is 307 g/mol. The fourth-order valence-corrected chi connectivity index (χ4v) is 2.84. The molecule has 1 heterocycles. The van der Waals surface area contributed by atoms with Gasteiger partial charge in [-0.25, -0.2) is 0 Å². The smallest absolute Gasteiger partial charge is 0.124 e. The van der Waals surface area contributed by atoms with Crippen LogP contribution >= 0.6 is 24.8 Å². The number of ether oxygens (including phenoxy) is 1. The highest BCUT2D eigenvalue weighted by Crippen LogP contribution is 2.32. The molecule has 1 saturated heterocycles. The molecule has 1 aliphatic rings. The Morgan fingerprint density at radius 2 is 1.81 bits per heavy atom. The molecule has 0 bridgehead atoms. The van der Waals surface area contributed by atoms with Crippen molar-refractivity contribution >= 4 is 24.8 Å². The first-order valence-electron chi connectivity index (χ1n) is 7.53. The Morgan fingerprint density at radius 1 is 1.14 bits per heavy atom. The maximum atomic E-state index is 5.81. The molecule has 1 atom stereocenters. The molecule has 1 fully saturated rings. The summed E-state index contributed by atoms with van der Waals surface area (Å²) in [5, 5.41) is 3.43. The molecule has 3 nitrogen and oxygen atoms in total. The Bertz CT molecular complexity index is 384. The van der Waals surface area contributed by atoms with E-state index in [1.54, 1.807) is 0 Å². The number of hydrogen-bond acceptors (Lipinski definition) is 3. The van der Waals surface area contributed by atoms with E-state index in [1.807, 2.05) is 0 Å². The molecule has 1 aliphatic heterocycles. The van der Waals surface area contributed by atoms with E-state index < -0.39 is 0 Å². The van der Waals surface area contributed by atoms with Crippen molar-refractivity contribution in [3.8, 4) is 5.75 Å². The molecule has 1 aromatic rings. The summed E-state index contributed by atoms with van der Waals surface area (Å²) < 4.78 is 5.81. The normalized spacial score (nSPS) is 16.5. The third-order valence-corrected chi connectivity index (χ3v) is 3.73. The van der Waals surface area contributed by atoms with Crippen LogP contribution in [0.5, 0.6) is 5.75 Å². The second-order valence-corrected chi connectivity index (χ2v) is 5.06. The van der Waals surface area contributed by atoms with Crippen LogP contribution in [0.1, 0.15) is 38.3 Å². The molecule has 1 N–H and O–H groups in total. The van der Waals surface area contributed by atoms with Gasteiger partial charge in [0.1, 0.15) is 5.75 Å². The van der Waals surface area contributed by atoms with Crippen LogP contribution < -0.4 is 10.1 Å². The Balaban J connectivity index is 0.00000200. The predicted octanol–water partition coefficient (Wildman–Crippen LogP) is 3.68. The number of rotatable bonds is 6. The van der Waals surface area contributed by atoms with Gasteiger partial charge >= 0.3 is 0 Å². The SMILES string of the molecule is CCC[C@H](c1ccccc1OCC)N1CCNCC1.Cl.Cl. The summed E-state index contributed by atoms with van der Waals surface area (Å²) in [4.78, 5) is 2.60. The first kappa shape index (κ1) is 20.5. The van der Waals surface area contributed by atoms with Gasteiger partial charge in [0.15, 0.2) is 0 Å². The molecule has 0 unspecified atom stereocenters. The van der Waals surface area contributed by atoms with E-state index in [1.165, 1.54) is 18.4 Å². The van der Waals surface area contributed by atoms with Gasteiger partial charge < -0.3 is 10.1 Å². The standard InChI is InChI=1S/C16H26N2O.2ClH/c1-3-7-15(18-12-10-17-11-13-18)14-8-5-6-9-16(14)19-4-2;;/h5-6,8-9,15,17H,3-4,7,10-13H2,1-2H3;2*1H/t15-;;/m1../s1.